The fourth-order valence-corrected chi connectivity index (χ4v) is 4.02. The third-order valence-electron chi connectivity index (χ3n) is 4.74. The first-order chi connectivity index (χ1) is 15.5. The van der Waals surface area contributed by atoms with E-state index in [1.807, 2.05) is 72.2 Å². The summed E-state index contributed by atoms with van der Waals surface area (Å²) in [6, 6.07) is 22.8. The molecule has 0 saturated carbocycles. The van der Waals surface area contributed by atoms with Crippen molar-refractivity contribution in [1.82, 2.24) is 14.8 Å². The minimum Gasteiger partial charge on any atom is -0.495 e. The molecular formula is C24H21ClN4O2S. The first kappa shape index (κ1) is 21.9. The van der Waals surface area contributed by atoms with Crippen LogP contribution in [-0.4, -0.2) is 33.5 Å². The number of nitrogens with zero attached hydrogens (tertiary/aromatic N) is 3. The molecule has 0 fully saturated rings. The highest BCUT2D eigenvalue weighted by Gasteiger charge is 2.18. The van der Waals surface area contributed by atoms with Gasteiger partial charge in [-0.1, -0.05) is 65.3 Å². The summed E-state index contributed by atoms with van der Waals surface area (Å²) in [6.45, 7) is 2.04. The van der Waals surface area contributed by atoms with Crippen molar-refractivity contribution in [2.75, 3.05) is 18.2 Å². The lowest BCUT2D eigenvalue weighted by atomic mass is 10.1. The zero-order valence-corrected chi connectivity index (χ0v) is 19.2. The molecule has 1 amide bonds. The van der Waals surface area contributed by atoms with Crippen molar-refractivity contribution in [2.45, 2.75) is 12.1 Å². The maximum absolute atomic E-state index is 12.6. The molecule has 0 aliphatic rings. The molecule has 0 atom stereocenters. The molecule has 0 aliphatic heterocycles. The van der Waals surface area contributed by atoms with Crippen LogP contribution < -0.4 is 10.1 Å². The van der Waals surface area contributed by atoms with Gasteiger partial charge in [0.05, 0.1) is 18.6 Å². The molecule has 3 aromatic carbocycles. The molecule has 4 aromatic rings. The highest BCUT2D eigenvalue weighted by atomic mass is 35.5. The Hall–Kier alpha value is -3.29. The molecule has 8 heteroatoms. The number of halogens is 1. The van der Waals surface area contributed by atoms with Gasteiger partial charge in [-0.25, -0.2) is 0 Å². The van der Waals surface area contributed by atoms with E-state index in [4.69, 9.17) is 16.3 Å². The Morgan fingerprint density at radius 1 is 1.03 bits per heavy atom. The Labute approximate surface area is 195 Å². The van der Waals surface area contributed by atoms with E-state index in [0.29, 0.717) is 27.4 Å². The predicted octanol–water partition coefficient (Wildman–Crippen LogP) is 5.64. The molecule has 6 nitrogen and oxygen atoms in total. The van der Waals surface area contributed by atoms with Gasteiger partial charge in [-0.05, 0) is 43.3 Å². The van der Waals surface area contributed by atoms with Gasteiger partial charge in [0.1, 0.15) is 5.75 Å². The van der Waals surface area contributed by atoms with Crippen LogP contribution in [0.4, 0.5) is 5.69 Å². The number of amides is 1. The molecule has 1 aromatic heterocycles. The maximum atomic E-state index is 12.6. The van der Waals surface area contributed by atoms with E-state index in [1.165, 1.54) is 11.8 Å². The Morgan fingerprint density at radius 2 is 1.75 bits per heavy atom. The van der Waals surface area contributed by atoms with Crippen LogP contribution in [0.1, 0.15) is 5.56 Å². The molecular weight excluding hydrogens is 444 g/mol. The third kappa shape index (κ3) is 4.95. The van der Waals surface area contributed by atoms with Crippen molar-refractivity contribution < 1.29 is 9.53 Å². The summed E-state index contributed by atoms with van der Waals surface area (Å²) in [6.07, 6.45) is 0. The number of ether oxygens (including phenoxy) is 1. The van der Waals surface area contributed by atoms with Crippen LogP contribution >= 0.6 is 23.4 Å². The van der Waals surface area contributed by atoms with Gasteiger partial charge in [-0.15, -0.1) is 10.2 Å². The minimum absolute atomic E-state index is 0.164. The van der Waals surface area contributed by atoms with Gasteiger partial charge < -0.3 is 10.1 Å². The number of methoxy groups -OCH3 is 1. The first-order valence-electron chi connectivity index (χ1n) is 9.89. The van der Waals surface area contributed by atoms with Crippen LogP contribution in [0, 0.1) is 6.92 Å². The number of anilines is 1. The monoisotopic (exact) mass is 464 g/mol. The van der Waals surface area contributed by atoms with E-state index in [1.54, 1.807) is 19.2 Å². The van der Waals surface area contributed by atoms with Crippen molar-refractivity contribution >= 4 is 35.0 Å². The topological polar surface area (TPSA) is 69.0 Å². The molecule has 0 spiro atoms. The fraction of sp³-hybridized carbons (Fsp3) is 0.125. The van der Waals surface area contributed by atoms with Crippen LogP contribution in [0.2, 0.25) is 5.02 Å². The molecule has 32 heavy (non-hydrogen) atoms. The van der Waals surface area contributed by atoms with Crippen molar-refractivity contribution in [3.05, 3.63) is 83.4 Å². The number of aryl methyl sites for hydroxylation is 1. The Kier molecular flexibility index (Phi) is 6.78. The second-order valence-electron chi connectivity index (χ2n) is 7.02. The summed E-state index contributed by atoms with van der Waals surface area (Å²) in [4.78, 5) is 12.6. The first-order valence-corrected chi connectivity index (χ1v) is 11.3. The van der Waals surface area contributed by atoms with E-state index < -0.39 is 0 Å². The molecule has 0 radical (unpaired) electrons. The van der Waals surface area contributed by atoms with Crippen LogP contribution in [0.3, 0.4) is 0 Å². The third-order valence-corrected chi connectivity index (χ3v) is 5.92. The van der Waals surface area contributed by atoms with Gasteiger partial charge in [0.25, 0.3) is 0 Å². The summed E-state index contributed by atoms with van der Waals surface area (Å²) >= 11 is 7.39. The summed E-state index contributed by atoms with van der Waals surface area (Å²) < 4.78 is 7.23. The van der Waals surface area contributed by atoms with Gasteiger partial charge >= 0.3 is 0 Å². The smallest absolute Gasteiger partial charge is 0.234 e. The number of aromatic nitrogens is 3. The summed E-state index contributed by atoms with van der Waals surface area (Å²) in [5, 5.41) is 12.9. The summed E-state index contributed by atoms with van der Waals surface area (Å²) in [5.41, 5.74) is 3.58. The lowest BCUT2D eigenvalue weighted by Crippen LogP contribution is -2.15. The largest absolute Gasteiger partial charge is 0.495 e. The molecule has 0 aliphatic carbocycles. The normalized spacial score (nSPS) is 10.7. The highest BCUT2D eigenvalue weighted by molar-refractivity contribution is 7.99. The molecule has 4 rings (SSSR count). The van der Waals surface area contributed by atoms with Crippen molar-refractivity contribution in [3.63, 3.8) is 0 Å². The summed E-state index contributed by atoms with van der Waals surface area (Å²) in [7, 11) is 1.57. The van der Waals surface area contributed by atoms with Crippen LogP contribution in [0.5, 0.6) is 5.75 Å². The molecule has 1 heterocycles. The average Bonchev–Trinajstić information content (AvgIpc) is 3.23. The number of carbonyl (C=O) groups excluding carboxylic acids is 1. The molecule has 0 saturated heterocycles. The maximum Gasteiger partial charge on any atom is 0.234 e. The minimum atomic E-state index is -0.165. The predicted molar refractivity (Wildman–Crippen MR) is 129 cm³/mol. The van der Waals surface area contributed by atoms with Crippen LogP contribution in [0.15, 0.2) is 78.0 Å². The number of para-hydroxylation sites is 2. The van der Waals surface area contributed by atoms with Crippen molar-refractivity contribution in [2.24, 2.45) is 0 Å². The second kappa shape index (κ2) is 9.89. The van der Waals surface area contributed by atoms with E-state index >= 15 is 0 Å². The van der Waals surface area contributed by atoms with E-state index in [0.717, 1.165) is 16.8 Å². The van der Waals surface area contributed by atoms with Gasteiger partial charge in [0.15, 0.2) is 11.0 Å². The Balaban J connectivity index is 1.60. The lowest BCUT2D eigenvalue weighted by molar-refractivity contribution is -0.113. The molecule has 0 unspecified atom stereocenters. The van der Waals surface area contributed by atoms with Crippen molar-refractivity contribution in [3.8, 4) is 22.8 Å². The highest BCUT2D eigenvalue weighted by Crippen LogP contribution is 2.29. The molecule has 1 N–H and O–H groups in total. The van der Waals surface area contributed by atoms with E-state index in [2.05, 4.69) is 15.5 Å². The number of thioether (sulfide) groups is 1. The molecule has 0 bridgehead atoms. The quantitative estimate of drug-likeness (QED) is 0.359. The van der Waals surface area contributed by atoms with E-state index in [-0.39, 0.29) is 11.7 Å². The zero-order valence-electron chi connectivity index (χ0n) is 17.6. The van der Waals surface area contributed by atoms with Crippen LogP contribution in [0.25, 0.3) is 17.1 Å². The number of rotatable bonds is 7. The van der Waals surface area contributed by atoms with E-state index in [9.17, 15) is 4.79 Å². The van der Waals surface area contributed by atoms with Gasteiger partial charge in [-0.3, -0.25) is 9.36 Å². The number of hydrogen-bond acceptors (Lipinski definition) is 5. The lowest BCUT2D eigenvalue weighted by Gasteiger charge is -2.12. The average molecular weight is 465 g/mol. The number of hydrogen-bond donors (Lipinski definition) is 1. The number of carbonyl (C=O) groups is 1. The number of benzene rings is 3. The van der Waals surface area contributed by atoms with Gasteiger partial charge in [-0.2, -0.15) is 0 Å². The zero-order chi connectivity index (χ0) is 22.5. The Morgan fingerprint density at radius 3 is 2.47 bits per heavy atom. The second-order valence-corrected chi connectivity index (χ2v) is 8.40. The number of nitrogens with one attached hydrogen (secondary N) is 1. The van der Waals surface area contributed by atoms with Crippen LogP contribution in [-0.2, 0) is 4.79 Å². The van der Waals surface area contributed by atoms with Crippen molar-refractivity contribution in [1.29, 1.82) is 0 Å². The summed E-state index contributed by atoms with van der Waals surface area (Å²) in [5.74, 6) is 1.30. The fourth-order valence-electron chi connectivity index (χ4n) is 3.14. The Bertz CT molecular complexity index is 1220. The van der Waals surface area contributed by atoms with Gasteiger partial charge in [0.2, 0.25) is 5.91 Å². The molecule has 162 valence electrons. The van der Waals surface area contributed by atoms with Gasteiger partial charge in [0, 0.05) is 16.3 Å². The standard InChI is InChI=1S/C24H21ClN4O2S/c1-16-7-9-17(10-8-16)23-27-28-24(29(23)19-13-11-18(25)12-14-19)32-15-22(30)26-20-5-3-4-6-21(20)31-2/h3-14H,15H2,1-2H3,(H,26,30). The SMILES string of the molecule is COc1ccccc1NC(=O)CSc1nnc(-c2ccc(C)cc2)n1-c1ccc(Cl)cc1.